The zero-order chi connectivity index (χ0) is 12.0. The van der Waals surface area contributed by atoms with E-state index < -0.39 is 0 Å². The van der Waals surface area contributed by atoms with Gasteiger partial charge < -0.3 is 16.0 Å². The molecule has 2 atom stereocenters. The maximum Gasteiger partial charge on any atom is 0.220 e. The second kappa shape index (κ2) is 6.86. The Kier molecular flexibility index (Phi) is 5.77. The Morgan fingerprint density at radius 1 is 1.62 bits per heavy atom. The largest absolute Gasteiger partial charge is 0.356 e. The van der Waals surface area contributed by atoms with Crippen molar-refractivity contribution < 1.29 is 4.79 Å². The van der Waals surface area contributed by atoms with Gasteiger partial charge in [-0.25, -0.2) is 0 Å². The predicted molar refractivity (Wildman–Crippen MR) is 66.1 cm³/mol. The fourth-order valence-electron chi connectivity index (χ4n) is 2.12. The summed E-state index contributed by atoms with van der Waals surface area (Å²) in [7, 11) is 2.13. The fourth-order valence-corrected chi connectivity index (χ4v) is 2.12. The molecule has 0 aromatic rings. The molecule has 0 spiro atoms. The molecular formula is C12H25N3O. The Balaban J connectivity index is 2.02. The number of rotatable bonds is 6. The van der Waals surface area contributed by atoms with Crippen LogP contribution in [0.25, 0.3) is 0 Å². The maximum atomic E-state index is 11.5. The summed E-state index contributed by atoms with van der Waals surface area (Å²) < 4.78 is 0. The van der Waals surface area contributed by atoms with E-state index in [1.54, 1.807) is 0 Å². The van der Waals surface area contributed by atoms with Gasteiger partial charge >= 0.3 is 0 Å². The Hall–Kier alpha value is -0.610. The number of carbonyl (C=O) groups is 1. The number of hydrogen-bond acceptors (Lipinski definition) is 3. The van der Waals surface area contributed by atoms with Crippen molar-refractivity contribution in [3.05, 3.63) is 0 Å². The Labute approximate surface area is 98.6 Å². The lowest BCUT2D eigenvalue weighted by Gasteiger charge is -2.11. The smallest absolute Gasteiger partial charge is 0.220 e. The van der Waals surface area contributed by atoms with Gasteiger partial charge in [0.05, 0.1) is 0 Å². The van der Waals surface area contributed by atoms with Crippen LogP contribution in [0.5, 0.6) is 0 Å². The zero-order valence-electron chi connectivity index (χ0n) is 10.5. The zero-order valence-corrected chi connectivity index (χ0v) is 10.5. The molecule has 1 heterocycles. The van der Waals surface area contributed by atoms with Gasteiger partial charge in [0, 0.05) is 25.6 Å². The van der Waals surface area contributed by atoms with E-state index in [0.717, 1.165) is 32.5 Å². The summed E-state index contributed by atoms with van der Waals surface area (Å²) in [5.74, 6) is 0.817. The minimum atomic E-state index is 0.176. The molecule has 1 rings (SSSR count). The third-order valence-corrected chi connectivity index (χ3v) is 3.14. The van der Waals surface area contributed by atoms with Gasteiger partial charge in [0.2, 0.25) is 5.91 Å². The highest BCUT2D eigenvalue weighted by Gasteiger charge is 2.19. The number of nitrogens with one attached hydrogen (secondary N) is 1. The van der Waals surface area contributed by atoms with Gasteiger partial charge in [-0.2, -0.15) is 0 Å². The second-order valence-electron chi connectivity index (χ2n) is 5.09. The molecule has 1 aliphatic heterocycles. The van der Waals surface area contributed by atoms with E-state index in [1.165, 1.54) is 6.42 Å². The van der Waals surface area contributed by atoms with E-state index in [2.05, 4.69) is 17.3 Å². The van der Waals surface area contributed by atoms with Gasteiger partial charge in [0.25, 0.3) is 0 Å². The quantitative estimate of drug-likeness (QED) is 0.697. The molecule has 4 nitrogen and oxygen atoms in total. The molecule has 0 aliphatic carbocycles. The highest BCUT2D eigenvalue weighted by molar-refractivity contribution is 5.75. The van der Waals surface area contributed by atoms with E-state index in [0.29, 0.717) is 12.3 Å². The molecule has 0 bridgehead atoms. The van der Waals surface area contributed by atoms with Crippen LogP contribution in [0.15, 0.2) is 0 Å². The monoisotopic (exact) mass is 227 g/mol. The average molecular weight is 227 g/mol. The van der Waals surface area contributed by atoms with Gasteiger partial charge in [-0.1, -0.05) is 0 Å². The lowest BCUT2D eigenvalue weighted by Crippen LogP contribution is -2.30. The molecule has 0 aromatic heterocycles. The minimum Gasteiger partial charge on any atom is -0.356 e. The van der Waals surface area contributed by atoms with Crippen molar-refractivity contribution in [3.8, 4) is 0 Å². The van der Waals surface area contributed by atoms with Crippen LogP contribution in [0.3, 0.4) is 0 Å². The van der Waals surface area contributed by atoms with Crippen molar-refractivity contribution in [2.24, 2.45) is 11.7 Å². The summed E-state index contributed by atoms with van der Waals surface area (Å²) in [4.78, 5) is 13.8. The summed E-state index contributed by atoms with van der Waals surface area (Å²) in [5.41, 5.74) is 5.63. The van der Waals surface area contributed by atoms with Gasteiger partial charge in [0.1, 0.15) is 0 Å². The average Bonchev–Trinajstić information content (AvgIpc) is 2.61. The lowest BCUT2D eigenvalue weighted by atomic mass is 10.1. The van der Waals surface area contributed by atoms with Gasteiger partial charge in [-0.15, -0.1) is 0 Å². The van der Waals surface area contributed by atoms with E-state index in [4.69, 9.17) is 5.73 Å². The Morgan fingerprint density at radius 3 is 2.94 bits per heavy atom. The van der Waals surface area contributed by atoms with Gasteiger partial charge in [0.15, 0.2) is 0 Å². The van der Waals surface area contributed by atoms with Gasteiger partial charge in [-0.3, -0.25) is 4.79 Å². The van der Waals surface area contributed by atoms with E-state index in [9.17, 15) is 4.79 Å². The molecule has 1 amide bonds. The first-order valence-corrected chi connectivity index (χ1v) is 6.28. The molecule has 4 heteroatoms. The molecule has 0 saturated carbocycles. The molecule has 0 aromatic carbocycles. The van der Waals surface area contributed by atoms with Crippen LogP contribution in [0, 0.1) is 5.92 Å². The van der Waals surface area contributed by atoms with Gasteiger partial charge in [-0.05, 0) is 45.7 Å². The Morgan fingerprint density at radius 2 is 2.38 bits per heavy atom. The number of amides is 1. The summed E-state index contributed by atoms with van der Waals surface area (Å²) in [6.07, 6.45) is 3.65. The van der Waals surface area contributed by atoms with Crippen LogP contribution < -0.4 is 11.1 Å². The Bertz CT molecular complexity index is 218. The van der Waals surface area contributed by atoms with E-state index in [-0.39, 0.29) is 11.9 Å². The van der Waals surface area contributed by atoms with Crippen molar-refractivity contribution in [2.75, 3.05) is 26.7 Å². The number of nitrogens with two attached hydrogens (primary N) is 1. The lowest BCUT2D eigenvalue weighted by molar-refractivity contribution is -0.121. The summed E-state index contributed by atoms with van der Waals surface area (Å²) in [5, 5.41) is 3.01. The topological polar surface area (TPSA) is 58.4 Å². The van der Waals surface area contributed by atoms with Crippen molar-refractivity contribution in [2.45, 2.75) is 38.6 Å². The standard InChI is InChI=1S/C12H25N3O/c1-10(13)4-3-5-12(16)14-8-11-6-7-15(2)9-11/h10-11H,3-9,13H2,1-2H3,(H,14,16). The number of hydrogen-bond donors (Lipinski definition) is 2. The molecule has 0 radical (unpaired) electrons. The molecule has 2 unspecified atom stereocenters. The van der Waals surface area contributed by atoms with Crippen LogP contribution in [0.2, 0.25) is 0 Å². The first kappa shape index (κ1) is 13.5. The molecule has 1 aliphatic rings. The van der Waals surface area contributed by atoms with E-state index in [1.807, 2.05) is 6.92 Å². The molecule has 94 valence electrons. The third kappa shape index (κ3) is 5.47. The first-order valence-electron chi connectivity index (χ1n) is 6.28. The molecule has 16 heavy (non-hydrogen) atoms. The van der Waals surface area contributed by atoms with Crippen molar-refractivity contribution in [1.82, 2.24) is 10.2 Å². The molecular weight excluding hydrogens is 202 g/mol. The summed E-state index contributed by atoms with van der Waals surface area (Å²) in [6, 6.07) is 0.205. The van der Waals surface area contributed by atoms with Crippen molar-refractivity contribution in [1.29, 1.82) is 0 Å². The first-order chi connectivity index (χ1) is 7.58. The molecule has 1 fully saturated rings. The second-order valence-corrected chi connectivity index (χ2v) is 5.09. The highest BCUT2D eigenvalue weighted by atomic mass is 16.1. The number of nitrogens with zero attached hydrogens (tertiary/aromatic N) is 1. The van der Waals surface area contributed by atoms with Crippen LogP contribution in [-0.4, -0.2) is 43.5 Å². The number of likely N-dealkylation sites (tertiary alicyclic amines) is 1. The third-order valence-electron chi connectivity index (χ3n) is 3.14. The molecule has 1 saturated heterocycles. The highest BCUT2D eigenvalue weighted by Crippen LogP contribution is 2.12. The maximum absolute atomic E-state index is 11.5. The van der Waals surface area contributed by atoms with Crippen LogP contribution >= 0.6 is 0 Å². The van der Waals surface area contributed by atoms with Crippen molar-refractivity contribution >= 4 is 5.91 Å². The fraction of sp³-hybridized carbons (Fsp3) is 0.917. The number of carbonyl (C=O) groups excluding carboxylic acids is 1. The SMILES string of the molecule is CC(N)CCCC(=O)NCC1CCN(C)C1. The summed E-state index contributed by atoms with van der Waals surface area (Å²) >= 11 is 0. The predicted octanol–water partition coefficient (Wildman–Crippen LogP) is 0.572. The van der Waals surface area contributed by atoms with Crippen LogP contribution in [0.4, 0.5) is 0 Å². The van der Waals surface area contributed by atoms with Crippen LogP contribution in [0.1, 0.15) is 32.6 Å². The molecule has 3 N–H and O–H groups in total. The van der Waals surface area contributed by atoms with Crippen molar-refractivity contribution in [3.63, 3.8) is 0 Å². The van der Waals surface area contributed by atoms with E-state index >= 15 is 0 Å². The van der Waals surface area contributed by atoms with Crippen LogP contribution in [-0.2, 0) is 4.79 Å². The normalized spacial score (nSPS) is 23.3. The minimum absolute atomic E-state index is 0.176. The summed E-state index contributed by atoms with van der Waals surface area (Å²) in [6.45, 7) is 5.08.